The summed E-state index contributed by atoms with van der Waals surface area (Å²) in [5, 5.41) is 0. The number of carbonyl (C=O) groups excluding carboxylic acids is 1. The highest BCUT2D eigenvalue weighted by molar-refractivity contribution is 7.92. The van der Waals surface area contributed by atoms with Crippen molar-refractivity contribution in [1.82, 2.24) is 4.90 Å². The first-order chi connectivity index (χ1) is 12.4. The molecule has 2 aromatic carbocycles. The van der Waals surface area contributed by atoms with E-state index in [0.717, 1.165) is 12.8 Å². The smallest absolute Gasteiger partial charge is 0.264 e. The summed E-state index contributed by atoms with van der Waals surface area (Å²) in [6, 6.07) is 15.3. The zero-order valence-corrected chi connectivity index (χ0v) is 15.9. The molecule has 0 bridgehead atoms. The molecule has 2 aromatic rings. The molecule has 5 nitrogen and oxygen atoms in total. The first-order valence-electron chi connectivity index (χ1n) is 8.83. The van der Waals surface area contributed by atoms with Crippen LogP contribution in [-0.2, 0) is 10.0 Å². The van der Waals surface area contributed by atoms with E-state index in [1.807, 2.05) is 6.07 Å². The molecule has 26 heavy (non-hydrogen) atoms. The number of para-hydroxylation sites is 1. The number of hydrogen-bond acceptors (Lipinski definition) is 3. The number of benzene rings is 2. The van der Waals surface area contributed by atoms with Gasteiger partial charge in [-0.3, -0.25) is 9.10 Å². The van der Waals surface area contributed by atoms with Crippen LogP contribution in [0.5, 0.6) is 0 Å². The number of sulfonamides is 1. The highest BCUT2D eigenvalue weighted by Crippen LogP contribution is 2.26. The molecule has 1 atom stereocenters. The van der Waals surface area contributed by atoms with E-state index in [4.69, 9.17) is 0 Å². The molecule has 1 heterocycles. The summed E-state index contributed by atoms with van der Waals surface area (Å²) in [6.45, 7) is 3.46. The molecule has 3 rings (SSSR count). The van der Waals surface area contributed by atoms with Gasteiger partial charge in [-0.15, -0.1) is 0 Å². The van der Waals surface area contributed by atoms with Gasteiger partial charge >= 0.3 is 0 Å². The molecule has 0 N–H and O–H groups in total. The molecule has 0 aromatic heterocycles. The zero-order chi connectivity index (χ0) is 18.7. The minimum absolute atomic E-state index is 0.0505. The third kappa shape index (κ3) is 3.60. The Morgan fingerprint density at radius 3 is 2.42 bits per heavy atom. The highest BCUT2D eigenvalue weighted by Gasteiger charge is 2.30. The fraction of sp³-hybridized carbons (Fsp3) is 0.350. The predicted octanol–water partition coefficient (Wildman–Crippen LogP) is 3.38. The van der Waals surface area contributed by atoms with E-state index in [1.54, 1.807) is 47.4 Å². The lowest BCUT2D eigenvalue weighted by atomic mass is 9.99. The molecular weight excluding hydrogens is 348 g/mol. The number of rotatable bonds is 4. The van der Waals surface area contributed by atoms with Gasteiger partial charge in [-0.25, -0.2) is 8.42 Å². The lowest BCUT2D eigenvalue weighted by molar-refractivity contribution is 0.0679. The predicted molar refractivity (Wildman–Crippen MR) is 103 cm³/mol. The van der Waals surface area contributed by atoms with Crippen LogP contribution in [0.15, 0.2) is 59.5 Å². The number of hydrogen-bond donors (Lipinski definition) is 0. The molecule has 0 saturated carbocycles. The van der Waals surface area contributed by atoms with Crippen LogP contribution in [0, 0.1) is 5.92 Å². The summed E-state index contributed by atoms with van der Waals surface area (Å²) in [5.74, 6) is 0.223. The minimum Gasteiger partial charge on any atom is -0.338 e. The van der Waals surface area contributed by atoms with Gasteiger partial charge in [-0.05, 0) is 43.0 Å². The van der Waals surface area contributed by atoms with Crippen molar-refractivity contribution < 1.29 is 13.2 Å². The molecule has 0 aliphatic carbocycles. The lowest BCUT2D eigenvalue weighted by Gasteiger charge is -2.31. The Bertz CT molecular complexity index is 881. The first kappa shape index (κ1) is 18.5. The summed E-state index contributed by atoms with van der Waals surface area (Å²) in [6.07, 6.45) is 2.05. The number of anilines is 1. The fourth-order valence-corrected chi connectivity index (χ4v) is 4.71. The summed E-state index contributed by atoms with van der Waals surface area (Å²) in [7, 11) is -2.33. The number of nitrogens with zero attached hydrogens (tertiary/aromatic N) is 2. The largest absolute Gasteiger partial charge is 0.338 e. The summed E-state index contributed by atoms with van der Waals surface area (Å²) >= 11 is 0. The highest BCUT2D eigenvalue weighted by atomic mass is 32.2. The zero-order valence-electron chi connectivity index (χ0n) is 15.1. The SMILES string of the molecule is CC1CCCN(C(=O)c2ccccc2S(=O)(=O)N(C)c2ccccc2)C1. The standard InChI is InChI=1S/C20H24N2O3S/c1-16-9-8-14-22(15-16)20(23)18-12-6-7-13-19(18)26(24,25)21(2)17-10-4-3-5-11-17/h3-7,10-13,16H,8-9,14-15H2,1-2H3. The Balaban J connectivity index is 1.97. The van der Waals surface area contributed by atoms with Gasteiger partial charge < -0.3 is 4.90 Å². The molecule has 6 heteroatoms. The molecule has 1 aliphatic rings. The van der Waals surface area contributed by atoms with Crippen LogP contribution >= 0.6 is 0 Å². The van der Waals surface area contributed by atoms with Crippen molar-refractivity contribution in [2.24, 2.45) is 5.92 Å². The quantitative estimate of drug-likeness (QED) is 0.827. The average Bonchev–Trinajstić information content (AvgIpc) is 2.67. The average molecular weight is 372 g/mol. The second kappa shape index (κ2) is 7.50. The van der Waals surface area contributed by atoms with Crippen molar-refractivity contribution in [2.75, 3.05) is 24.4 Å². The van der Waals surface area contributed by atoms with Gasteiger partial charge in [-0.2, -0.15) is 0 Å². The fourth-order valence-electron chi connectivity index (χ4n) is 3.34. The summed E-state index contributed by atoms with van der Waals surface area (Å²) in [5.41, 5.74) is 0.797. The van der Waals surface area contributed by atoms with Crippen molar-refractivity contribution in [3.8, 4) is 0 Å². The van der Waals surface area contributed by atoms with E-state index in [2.05, 4.69) is 6.92 Å². The van der Waals surface area contributed by atoms with E-state index in [0.29, 0.717) is 24.7 Å². The van der Waals surface area contributed by atoms with Crippen LogP contribution in [0.4, 0.5) is 5.69 Å². The Morgan fingerprint density at radius 1 is 1.08 bits per heavy atom. The Hall–Kier alpha value is -2.34. The van der Waals surface area contributed by atoms with E-state index >= 15 is 0 Å². The third-order valence-electron chi connectivity index (χ3n) is 4.82. The monoisotopic (exact) mass is 372 g/mol. The van der Waals surface area contributed by atoms with Crippen molar-refractivity contribution >= 4 is 21.6 Å². The Morgan fingerprint density at radius 2 is 1.73 bits per heavy atom. The van der Waals surface area contributed by atoms with E-state index < -0.39 is 10.0 Å². The van der Waals surface area contributed by atoms with E-state index in [9.17, 15) is 13.2 Å². The van der Waals surface area contributed by atoms with Gasteiger partial charge in [0.15, 0.2) is 0 Å². The molecule has 0 spiro atoms. The summed E-state index contributed by atoms with van der Waals surface area (Å²) in [4.78, 5) is 14.8. The number of piperidine rings is 1. The number of amides is 1. The Labute approximate surface area is 155 Å². The molecular formula is C20H24N2O3S. The van der Waals surface area contributed by atoms with Gasteiger partial charge in [0.1, 0.15) is 4.90 Å². The molecule has 1 aliphatic heterocycles. The third-order valence-corrected chi connectivity index (χ3v) is 6.66. The maximum atomic E-state index is 13.2. The first-order valence-corrected chi connectivity index (χ1v) is 10.3. The van der Waals surface area contributed by atoms with Crippen LogP contribution in [-0.4, -0.2) is 39.4 Å². The van der Waals surface area contributed by atoms with Crippen molar-refractivity contribution in [3.63, 3.8) is 0 Å². The van der Waals surface area contributed by atoms with Gasteiger partial charge in [0.05, 0.1) is 11.3 Å². The maximum absolute atomic E-state index is 13.2. The number of likely N-dealkylation sites (tertiary alicyclic amines) is 1. The normalized spacial score (nSPS) is 17.8. The second-order valence-electron chi connectivity index (χ2n) is 6.80. The number of carbonyl (C=O) groups is 1. The van der Waals surface area contributed by atoms with Crippen molar-refractivity contribution in [3.05, 3.63) is 60.2 Å². The van der Waals surface area contributed by atoms with Gasteiger partial charge in [0.2, 0.25) is 0 Å². The van der Waals surface area contributed by atoms with Gasteiger partial charge in [0.25, 0.3) is 15.9 Å². The van der Waals surface area contributed by atoms with Crippen LogP contribution in [0.2, 0.25) is 0 Å². The van der Waals surface area contributed by atoms with Gasteiger partial charge in [0, 0.05) is 20.1 Å². The minimum atomic E-state index is -3.83. The summed E-state index contributed by atoms with van der Waals surface area (Å²) < 4.78 is 27.5. The van der Waals surface area contributed by atoms with Crippen molar-refractivity contribution in [2.45, 2.75) is 24.7 Å². The van der Waals surface area contributed by atoms with Crippen LogP contribution < -0.4 is 4.31 Å². The topological polar surface area (TPSA) is 57.7 Å². The molecule has 1 amide bonds. The molecule has 0 radical (unpaired) electrons. The molecule has 1 fully saturated rings. The van der Waals surface area contributed by atoms with Crippen LogP contribution in [0.1, 0.15) is 30.1 Å². The van der Waals surface area contributed by atoms with Gasteiger partial charge in [-0.1, -0.05) is 37.3 Å². The molecule has 138 valence electrons. The van der Waals surface area contributed by atoms with Crippen LogP contribution in [0.25, 0.3) is 0 Å². The van der Waals surface area contributed by atoms with E-state index in [1.165, 1.54) is 17.4 Å². The lowest BCUT2D eigenvalue weighted by Crippen LogP contribution is -2.40. The maximum Gasteiger partial charge on any atom is 0.264 e. The van der Waals surface area contributed by atoms with Crippen LogP contribution in [0.3, 0.4) is 0 Å². The molecule has 1 saturated heterocycles. The molecule has 1 unspecified atom stereocenters. The Kier molecular flexibility index (Phi) is 5.32. The van der Waals surface area contributed by atoms with Crippen molar-refractivity contribution in [1.29, 1.82) is 0 Å². The van der Waals surface area contributed by atoms with E-state index in [-0.39, 0.29) is 16.4 Å². The second-order valence-corrected chi connectivity index (χ2v) is 8.74.